The lowest BCUT2D eigenvalue weighted by molar-refractivity contribution is -0.134. The maximum Gasteiger partial charge on any atom is 0.325 e. The van der Waals surface area contributed by atoms with Crippen molar-refractivity contribution in [1.29, 1.82) is 0 Å². The third-order valence-corrected chi connectivity index (χ3v) is 9.61. The first-order valence-corrected chi connectivity index (χ1v) is 13.5. The number of carbonyl (C=O) groups is 2. The zero-order valence-corrected chi connectivity index (χ0v) is 22.2. The van der Waals surface area contributed by atoms with Crippen LogP contribution in [0.15, 0.2) is 35.9 Å². The number of hydrogen-bond acceptors (Lipinski definition) is 5. The number of imide groups is 1. The van der Waals surface area contributed by atoms with E-state index in [1.54, 1.807) is 19.8 Å². The Hall–Kier alpha value is -2.38. The van der Waals surface area contributed by atoms with E-state index in [0.717, 1.165) is 55.6 Å². The molecular formula is C29H41N3O4. The molecule has 196 valence electrons. The monoisotopic (exact) mass is 495 g/mol. The van der Waals surface area contributed by atoms with Gasteiger partial charge in [-0.05, 0) is 79.6 Å². The van der Waals surface area contributed by atoms with Crippen LogP contribution in [-0.4, -0.2) is 74.3 Å². The van der Waals surface area contributed by atoms with E-state index in [1.807, 2.05) is 24.3 Å². The fourth-order valence-corrected chi connectivity index (χ4v) is 7.17. The predicted octanol–water partition coefficient (Wildman–Crippen LogP) is 3.88. The molecule has 3 atom stereocenters. The average Bonchev–Trinajstić information content (AvgIpc) is 3.12. The Balaban J connectivity index is 1.32. The number of hydrogen-bond donors (Lipinski definition) is 1. The second-order valence-corrected chi connectivity index (χ2v) is 11.8. The lowest BCUT2D eigenvalue weighted by atomic mass is 9.49. The third-order valence-electron chi connectivity index (χ3n) is 9.61. The molecule has 3 amide bonds. The van der Waals surface area contributed by atoms with Crippen molar-refractivity contribution in [3.05, 3.63) is 41.5 Å². The Morgan fingerprint density at radius 1 is 1.11 bits per heavy atom. The molecule has 1 unspecified atom stereocenters. The van der Waals surface area contributed by atoms with Gasteiger partial charge in [0.25, 0.3) is 5.91 Å². The van der Waals surface area contributed by atoms with Crippen molar-refractivity contribution in [1.82, 2.24) is 15.1 Å². The van der Waals surface area contributed by atoms with Gasteiger partial charge in [0.15, 0.2) is 0 Å². The number of benzene rings is 1. The second-order valence-electron chi connectivity index (χ2n) is 11.8. The normalized spacial score (nSPS) is 30.1. The molecule has 36 heavy (non-hydrogen) atoms. The van der Waals surface area contributed by atoms with Crippen molar-refractivity contribution in [2.45, 2.75) is 51.5 Å². The summed E-state index contributed by atoms with van der Waals surface area (Å²) in [4.78, 5) is 30.7. The van der Waals surface area contributed by atoms with Crippen LogP contribution in [0.5, 0.6) is 5.75 Å². The van der Waals surface area contributed by atoms with E-state index in [0.29, 0.717) is 18.4 Å². The molecule has 7 nitrogen and oxygen atoms in total. The molecule has 6 rings (SSSR count). The summed E-state index contributed by atoms with van der Waals surface area (Å²) in [5, 5.41) is 3.16. The molecule has 2 saturated heterocycles. The van der Waals surface area contributed by atoms with Gasteiger partial charge in [-0.2, -0.15) is 0 Å². The van der Waals surface area contributed by atoms with E-state index in [-0.39, 0.29) is 24.4 Å². The van der Waals surface area contributed by atoms with Crippen LogP contribution in [0.1, 0.15) is 45.1 Å². The number of allylic oxidation sites excluding steroid dienone is 1. The van der Waals surface area contributed by atoms with Crippen molar-refractivity contribution >= 4 is 11.9 Å². The molecule has 2 bridgehead atoms. The highest BCUT2D eigenvalue weighted by Gasteiger charge is 2.56. The standard InChI is InChI=1S/C29H41N3O4/c1-28(2)23-9-8-21(25(28)17-23)19-31-12-10-22(11-13-31)29(18-20-6-5-7-24(16-20)36-4)26(33)32(14-15-35-3)27(34)30-29/h5-8,16,22-23,25H,9-15,17-19H2,1-4H3,(H,30,34)/t23-,25-,29?/m0/s1. The van der Waals surface area contributed by atoms with Crippen LogP contribution >= 0.6 is 0 Å². The smallest absolute Gasteiger partial charge is 0.325 e. The first kappa shape index (κ1) is 25.3. The molecule has 0 spiro atoms. The van der Waals surface area contributed by atoms with E-state index in [9.17, 15) is 9.59 Å². The van der Waals surface area contributed by atoms with Gasteiger partial charge in [0, 0.05) is 20.1 Å². The van der Waals surface area contributed by atoms with Crippen LogP contribution in [0.3, 0.4) is 0 Å². The molecular weight excluding hydrogens is 454 g/mol. The van der Waals surface area contributed by atoms with E-state index < -0.39 is 5.54 Å². The van der Waals surface area contributed by atoms with Crippen molar-refractivity contribution in [2.75, 3.05) is 47.0 Å². The van der Waals surface area contributed by atoms with Gasteiger partial charge in [0.1, 0.15) is 11.3 Å². The van der Waals surface area contributed by atoms with Gasteiger partial charge in [-0.25, -0.2) is 4.79 Å². The number of carbonyl (C=O) groups excluding carboxylic acids is 2. The minimum absolute atomic E-state index is 0.0776. The van der Waals surface area contributed by atoms with Crippen LogP contribution in [0.25, 0.3) is 0 Å². The summed E-state index contributed by atoms with van der Waals surface area (Å²) in [6.45, 7) is 8.39. The maximum atomic E-state index is 13.9. The molecule has 2 heterocycles. The first-order chi connectivity index (χ1) is 17.3. The third kappa shape index (κ3) is 4.34. The summed E-state index contributed by atoms with van der Waals surface area (Å²) in [6, 6.07) is 7.52. The number of nitrogens with zero attached hydrogens (tertiary/aromatic N) is 2. The molecule has 7 heteroatoms. The fourth-order valence-electron chi connectivity index (χ4n) is 7.17. The van der Waals surface area contributed by atoms with Crippen LogP contribution in [0, 0.1) is 23.2 Å². The van der Waals surface area contributed by atoms with Crippen LogP contribution in [0.4, 0.5) is 4.79 Å². The van der Waals surface area contributed by atoms with E-state index in [2.05, 4.69) is 30.1 Å². The Morgan fingerprint density at radius 2 is 1.89 bits per heavy atom. The molecule has 1 N–H and O–H groups in total. The number of piperidine rings is 1. The van der Waals surface area contributed by atoms with Gasteiger partial charge in [-0.1, -0.05) is 37.6 Å². The molecule has 1 saturated carbocycles. The lowest BCUT2D eigenvalue weighted by Crippen LogP contribution is -2.58. The highest BCUT2D eigenvalue weighted by molar-refractivity contribution is 6.07. The number of likely N-dealkylation sites (tertiary alicyclic amines) is 1. The molecule has 3 aliphatic carbocycles. The number of fused-ring (bicyclic) bond motifs is 1. The van der Waals surface area contributed by atoms with Crippen molar-refractivity contribution < 1.29 is 19.1 Å². The van der Waals surface area contributed by atoms with Gasteiger partial charge in [-0.15, -0.1) is 0 Å². The second kappa shape index (κ2) is 9.82. The van der Waals surface area contributed by atoms with E-state index in [4.69, 9.17) is 9.47 Å². The van der Waals surface area contributed by atoms with Crippen LogP contribution in [-0.2, 0) is 16.0 Å². The molecule has 3 fully saturated rings. The Bertz CT molecular complexity index is 1030. The quantitative estimate of drug-likeness (QED) is 0.416. The van der Waals surface area contributed by atoms with Gasteiger partial charge in [0.05, 0.1) is 20.3 Å². The summed E-state index contributed by atoms with van der Waals surface area (Å²) < 4.78 is 10.6. The minimum atomic E-state index is -0.934. The highest BCUT2D eigenvalue weighted by atomic mass is 16.5. The topological polar surface area (TPSA) is 71.1 Å². The summed E-state index contributed by atoms with van der Waals surface area (Å²) in [5.74, 6) is 2.29. The van der Waals surface area contributed by atoms with Crippen molar-refractivity contribution in [3.8, 4) is 5.75 Å². The van der Waals surface area contributed by atoms with Crippen LogP contribution < -0.4 is 10.1 Å². The summed E-state index contributed by atoms with van der Waals surface area (Å²) in [5.41, 5.74) is 2.11. The Kier molecular flexibility index (Phi) is 6.90. The first-order valence-electron chi connectivity index (χ1n) is 13.5. The molecule has 1 aromatic carbocycles. The number of urea groups is 1. The predicted molar refractivity (Wildman–Crippen MR) is 139 cm³/mol. The Morgan fingerprint density at radius 3 is 2.56 bits per heavy atom. The average molecular weight is 496 g/mol. The summed E-state index contributed by atoms with van der Waals surface area (Å²) in [7, 11) is 3.23. The van der Waals surface area contributed by atoms with Gasteiger partial charge < -0.3 is 14.8 Å². The molecule has 1 aromatic rings. The largest absolute Gasteiger partial charge is 0.497 e. The number of nitrogens with one attached hydrogen (secondary N) is 1. The maximum absolute atomic E-state index is 13.9. The number of amides is 3. The summed E-state index contributed by atoms with van der Waals surface area (Å²) >= 11 is 0. The van der Waals surface area contributed by atoms with Gasteiger partial charge in [-0.3, -0.25) is 14.6 Å². The molecule has 2 aliphatic heterocycles. The van der Waals surface area contributed by atoms with E-state index in [1.165, 1.54) is 17.7 Å². The minimum Gasteiger partial charge on any atom is -0.497 e. The molecule has 0 aromatic heterocycles. The van der Waals surface area contributed by atoms with Gasteiger partial charge in [0.2, 0.25) is 0 Å². The highest BCUT2D eigenvalue weighted by Crippen LogP contribution is 2.59. The van der Waals surface area contributed by atoms with Crippen molar-refractivity contribution in [3.63, 3.8) is 0 Å². The number of methoxy groups -OCH3 is 2. The van der Waals surface area contributed by atoms with Crippen LogP contribution in [0.2, 0.25) is 0 Å². The number of rotatable bonds is 9. The zero-order valence-electron chi connectivity index (χ0n) is 22.2. The molecule has 5 aliphatic rings. The summed E-state index contributed by atoms with van der Waals surface area (Å²) in [6.07, 6.45) is 7.30. The molecule has 0 radical (unpaired) electrons. The Labute approximate surface area is 215 Å². The zero-order chi connectivity index (χ0) is 25.5. The number of ether oxygens (including phenoxy) is 2. The van der Waals surface area contributed by atoms with E-state index >= 15 is 0 Å². The van der Waals surface area contributed by atoms with Crippen molar-refractivity contribution in [2.24, 2.45) is 23.2 Å². The SMILES string of the molecule is COCCN1C(=O)NC(Cc2cccc(OC)c2)(C2CCN(CC3=CC[C@H]4C[C@@H]3C4(C)C)CC2)C1=O. The van der Waals surface area contributed by atoms with Gasteiger partial charge >= 0.3 is 6.03 Å². The lowest BCUT2D eigenvalue weighted by Gasteiger charge is -2.57. The fraction of sp³-hybridized carbons (Fsp3) is 0.655.